The van der Waals surface area contributed by atoms with Gasteiger partial charge in [-0.2, -0.15) is 0 Å². The van der Waals surface area contributed by atoms with E-state index in [1.807, 2.05) is 36.4 Å². The van der Waals surface area contributed by atoms with Crippen molar-refractivity contribution in [2.75, 3.05) is 44.3 Å². The number of amides is 2. The number of aliphatic carboxylic acids is 1. The first-order chi connectivity index (χ1) is 17.0. The van der Waals surface area contributed by atoms with E-state index >= 15 is 0 Å². The van der Waals surface area contributed by atoms with Crippen molar-refractivity contribution in [3.05, 3.63) is 54.1 Å². The van der Waals surface area contributed by atoms with Crippen LogP contribution in [0.1, 0.15) is 18.4 Å². The monoisotopic (exact) mass is 483 g/mol. The van der Waals surface area contributed by atoms with Crippen molar-refractivity contribution in [1.82, 2.24) is 10.2 Å². The second kappa shape index (κ2) is 11.5. The summed E-state index contributed by atoms with van der Waals surface area (Å²) < 4.78 is 16.3. The van der Waals surface area contributed by atoms with Crippen LogP contribution in [0, 0.1) is 0 Å². The molecule has 35 heavy (non-hydrogen) atoms. The van der Waals surface area contributed by atoms with E-state index in [9.17, 15) is 19.5 Å². The van der Waals surface area contributed by atoms with E-state index in [1.165, 1.54) is 0 Å². The smallest absolute Gasteiger partial charge is 0.408 e. The molecule has 2 aromatic rings. The van der Waals surface area contributed by atoms with Crippen LogP contribution in [0.5, 0.6) is 11.5 Å². The van der Waals surface area contributed by atoms with Crippen molar-refractivity contribution in [3.8, 4) is 11.5 Å². The van der Waals surface area contributed by atoms with E-state index in [1.54, 1.807) is 17.0 Å². The lowest BCUT2D eigenvalue weighted by Gasteiger charge is -2.36. The first kappa shape index (κ1) is 24.2. The molecule has 2 aliphatic heterocycles. The Morgan fingerprint density at radius 2 is 1.69 bits per heavy atom. The molecular formula is C25H29N3O7. The Bertz CT molecular complexity index is 1040. The number of benzene rings is 2. The van der Waals surface area contributed by atoms with Gasteiger partial charge in [0.2, 0.25) is 5.91 Å². The van der Waals surface area contributed by atoms with Crippen LogP contribution in [-0.2, 0) is 20.9 Å². The molecule has 2 aliphatic rings. The first-order valence-corrected chi connectivity index (χ1v) is 11.6. The molecule has 1 saturated heterocycles. The Morgan fingerprint density at radius 3 is 2.40 bits per heavy atom. The molecule has 10 nitrogen and oxygen atoms in total. The van der Waals surface area contributed by atoms with Crippen LogP contribution in [-0.4, -0.2) is 73.4 Å². The maximum Gasteiger partial charge on any atom is 0.408 e. The molecule has 1 fully saturated rings. The predicted molar refractivity (Wildman–Crippen MR) is 127 cm³/mol. The van der Waals surface area contributed by atoms with Crippen LogP contribution in [0.25, 0.3) is 0 Å². The van der Waals surface area contributed by atoms with Crippen LogP contribution >= 0.6 is 0 Å². The number of carboxylic acids is 1. The molecule has 2 amide bonds. The number of rotatable bonds is 8. The number of hydrogen-bond donors (Lipinski definition) is 2. The average molecular weight is 484 g/mol. The zero-order valence-corrected chi connectivity index (χ0v) is 19.4. The minimum absolute atomic E-state index is 0.0138. The van der Waals surface area contributed by atoms with Crippen LogP contribution in [0.4, 0.5) is 10.5 Å². The summed E-state index contributed by atoms with van der Waals surface area (Å²) in [7, 11) is 0. The Labute approximate surface area is 203 Å². The highest BCUT2D eigenvalue weighted by atomic mass is 16.6. The quantitative estimate of drug-likeness (QED) is 0.587. The molecule has 10 heteroatoms. The molecule has 0 aliphatic carbocycles. The largest absolute Gasteiger partial charge is 0.486 e. The zero-order valence-electron chi connectivity index (χ0n) is 19.4. The Kier molecular flexibility index (Phi) is 7.92. The van der Waals surface area contributed by atoms with Crippen LogP contribution in [0.2, 0.25) is 0 Å². The first-order valence-electron chi connectivity index (χ1n) is 11.6. The molecule has 2 aromatic carbocycles. The summed E-state index contributed by atoms with van der Waals surface area (Å²) in [5.74, 6) is 0.108. The fourth-order valence-corrected chi connectivity index (χ4v) is 4.03. The van der Waals surface area contributed by atoms with Gasteiger partial charge in [-0.15, -0.1) is 0 Å². The number of carboxylic acid groups (broad SMARTS) is 1. The maximum absolute atomic E-state index is 12.7. The van der Waals surface area contributed by atoms with E-state index in [-0.39, 0.29) is 25.4 Å². The fraction of sp³-hybridized carbons (Fsp3) is 0.400. The van der Waals surface area contributed by atoms with Crippen LogP contribution < -0.4 is 19.7 Å². The Morgan fingerprint density at radius 1 is 0.971 bits per heavy atom. The molecule has 0 bridgehead atoms. The molecule has 0 radical (unpaired) electrons. The Balaban J connectivity index is 1.21. The van der Waals surface area contributed by atoms with Gasteiger partial charge in [0.05, 0.1) is 0 Å². The molecule has 0 saturated carbocycles. The lowest BCUT2D eigenvalue weighted by Crippen LogP contribution is -2.49. The second-order valence-electron chi connectivity index (χ2n) is 8.33. The van der Waals surface area contributed by atoms with Crippen molar-refractivity contribution >= 4 is 23.7 Å². The number of nitrogens with zero attached hydrogens (tertiary/aromatic N) is 2. The number of anilines is 1. The second-order valence-corrected chi connectivity index (χ2v) is 8.33. The molecule has 2 N–H and O–H groups in total. The van der Waals surface area contributed by atoms with Crippen molar-refractivity contribution in [1.29, 1.82) is 0 Å². The molecule has 0 aromatic heterocycles. The molecule has 0 spiro atoms. The lowest BCUT2D eigenvalue weighted by molar-refractivity contribution is -0.140. The van der Waals surface area contributed by atoms with E-state index in [2.05, 4.69) is 10.2 Å². The van der Waals surface area contributed by atoms with Gasteiger partial charge in [0.15, 0.2) is 11.5 Å². The minimum Gasteiger partial charge on any atom is -0.486 e. The van der Waals surface area contributed by atoms with Gasteiger partial charge in [0, 0.05) is 44.4 Å². The standard InChI is InChI=1S/C25H29N3O7/c29-23(9-7-20(24(30)31)26-25(32)35-17-18-4-2-1-3-5-18)28-12-10-27(11-13-28)19-6-8-21-22(16-19)34-15-14-33-21/h1-6,8,16,20H,7,9-15,17H2,(H,26,32)(H,30,31)/t20-/m0/s1. The highest BCUT2D eigenvalue weighted by molar-refractivity contribution is 5.82. The van der Waals surface area contributed by atoms with E-state index in [0.29, 0.717) is 39.4 Å². The fourth-order valence-electron chi connectivity index (χ4n) is 4.03. The van der Waals surface area contributed by atoms with Gasteiger partial charge >= 0.3 is 12.1 Å². The number of fused-ring (bicyclic) bond motifs is 1. The molecule has 2 heterocycles. The maximum atomic E-state index is 12.7. The third-order valence-corrected chi connectivity index (χ3v) is 5.97. The van der Waals surface area contributed by atoms with Gasteiger partial charge in [-0.05, 0) is 24.1 Å². The molecule has 0 unspecified atom stereocenters. The topological polar surface area (TPSA) is 118 Å². The van der Waals surface area contributed by atoms with Crippen molar-refractivity contribution in [2.45, 2.75) is 25.5 Å². The highest BCUT2D eigenvalue weighted by Gasteiger charge is 2.26. The molecule has 1 atom stereocenters. The summed E-state index contributed by atoms with van der Waals surface area (Å²) in [6.07, 6.45) is -0.835. The number of alkyl carbamates (subject to hydrolysis) is 1. The summed E-state index contributed by atoms with van der Waals surface area (Å²) in [6.45, 7) is 3.45. The van der Waals surface area contributed by atoms with Gasteiger partial charge in [-0.3, -0.25) is 4.79 Å². The third kappa shape index (κ3) is 6.56. The van der Waals surface area contributed by atoms with Crippen LogP contribution in [0.15, 0.2) is 48.5 Å². The van der Waals surface area contributed by atoms with Gasteiger partial charge < -0.3 is 34.4 Å². The van der Waals surface area contributed by atoms with Gasteiger partial charge in [-0.1, -0.05) is 30.3 Å². The van der Waals surface area contributed by atoms with Crippen molar-refractivity contribution in [2.24, 2.45) is 0 Å². The number of carbonyl (C=O) groups is 3. The molecular weight excluding hydrogens is 454 g/mol. The van der Waals surface area contributed by atoms with Gasteiger partial charge in [-0.25, -0.2) is 9.59 Å². The number of hydrogen-bond acceptors (Lipinski definition) is 7. The number of carbonyl (C=O) groups excluding carboxylic acids is 2. The SMILES string of the molecule is O=C(N[C@@H](CCC(=O)N1CCN(c2ccc3c(c2)OCCO3)CC1)C(=O)O)OCc1ccccc1. The van der Waals surface area contributed by atoms with Crippen LogP contribution in [0.3, 0.4) is 0 Å². The summed E-state index contributed by atoms with van der Waals surface area (Å²) >= 11 is 0. The summed E-state index contributed by atoms with van der Waals surface area (Å²) in [4.78, 5) is 40.2. The number of piperazine rings is 1. The van der Waals surface area contributed by atoms with Crippen molar-refractivity contribution < 1.29 is 33.7 Å². The number of ether oxygens (including phenoxy) is 3. The van der Waals surface area contributed by atoms with Gasteiger partial charge in [0.1, 0.15) is 25.9 Å². The Hall–Kier alpha value is -3.95. The summed E-state index contributed by atoms with van der Waals surface area (Å²) in [5, 5.41) is 11.8. The minimum atomic E-state index is -1.21. The molecule has 4 rings (SSSR count). The zero-order chi connectivity index (χ0) is 24.6. The van der Waals surface area contributed by atoms with Crippen molar-refractivity contribution in [3.63, 3.8) is 0 Å². The summed E-state index contributed by atoms with van der Waals surface area (Å²) in [5.41, 5.74) is 1.80. The van der Waals surface area contributed by atoms with E-state index in [4.69, 9.17) is 14.2 Å². The summed E-state index contributed by atoms with van der Waals surface area (Å²) in [6, 6.07) is 13.7. The lowest BCUT2D eigenvalue weighted by atomic mass is 10.1. The molecule has 186 valence electrons. The third-order valence-electron chi connectivity index (χ3n) is 5.97. The van der Waals surface area contributed by atoms with E-state index in [0.717, 1.165) is 22.7 Å². The highest BCUT2D eigenvalue weighted by Crippen LogP contribution is 2.34. The number of nitrogens with one attached hydrogen (secondary N) is 1. The normalized spacial score (nSPS) is 15.8. The van der Waals surface area contributed by atoms with E-state index < -0.39 is 18.1 Å². The van der Waals surface area contributed by atoms with Gasteiger partial charge in [0.25, 0.3) is 0 Å². The average Bonchev–Trinajstić information content (AvgIpc) is 2.90. The predicted octanol–water partition coefficient (Wildman–Crippen LogP) is 2.27.